The van der Waals surface area contributed by atoms with Gasteiger partial charge in [0, 0.05) is 12.7 Å². The van der Waals surface area contributed by atoms with Crippen LogP contribution in [0.3, 0.4) is 0 Å². The molecule has 0 amide bonds. The van der Waals surface area contributed by atoms with E-state index in [1.807, 2.05) is 0 Å². The first-order valence-electron chi connectivity index (χ1n) is 3.64. The first kappa shape index (κ1) is 8.71. The van der Waals surface area contributed by atoms with Crippen molar-refractivity contribution in [3.63, 3.8) is 0 Å². The summed E-state index contributed by atoms with van der Waals surface area (Å²) in [5.41, 5.74) is 0.837. The molecule has 0 N–H and O–H groups in total. The minimum absolute atomic E-state index is 0.266. The lowest BCUT2D eigenvalue weighted by molar-refractivity contribution is -0.106. The topological polar surface area (TPSA) is 20.3 Å². The smallest absolute Gasteiger partial charge is 0.139 e. The highest BCUT2D eigenvalue weighted by molar-refractivity contribution is 5.60. The second-order valence-electron chi connectivity index (χ2n) is 2.52. The molecule has 0 unspecified atom stereocenters. The number of hydrogen-bond acceptors (Lipinski definition) is 2. The van der Waals surface area contributed by atoms with Gasteiger partial charge in [-0.3, -0.25) is 0 Å². The molecule has 0 spiro atoms. The van der Waals surface area contributed by atoms with Gasteiger partial charge in [0.2, 0.25) is 0 Å². The van der Waals surface area contributed by atoms with Gasteiger partial charge in [-0.25, -0.2) is 4.39 Å². The first-order chi connectivity index (χ1) is 5.74. The van der Waals surface area contributed by atoms with Gasteiger partial charge in [-0.2, -0.15) is 0 Å². The van der Waals surface area contributed by atoms with Crippen LogP contribution in [-0.2, 0) is 4.79 Å². The van der Waals surface area contributed by atoms with E-state index in [-0.39, 0.29) is 5.82 Å². The van der Waals surface area contributed by atoms with Crippen LogP contribution in [0, 0.1) is 5.82 Å². The Balaban J connectivity index is 2.74. The summed E-state index contributed by atoms with van der Waals surface area (Å²) >= 11 is 0. The van der Waals surface area contributed by atoms with E-state index in [1.165, 1.54) is 12.1 Å². The van der Waals surface area contributed by atoms with Crippen molar-refractivity contribution in [3.05, 3.63) is 30.1 Å². The maximum Gasteiger partial charge on any atom is 0.139 e. The van der Waals surface area contributed by atoms with Crippen LogP contribution in [0.1, 0.15) is 0 Å². The van der Waals surface area contributed by atoms with Crippen molar-refractivity contribution in [2.45, 2.75) is 0 Å². The van der Waals surface area contributed by atoms with Crippen molar-refractivity contribution in [2.75, 3.05) is 18.5 Å². The molecule has 0 heterocycles. The largest absolute Gasteiger partial charge is 0.368 e. The summed E-state index contributed by atoms with van der Waals surface area (Å²) in [5.74, 6) is -0.266. The standard InChI is InChI=1S/C9H10FNO/c1-11(6-7-12)9-4-2-8(10)3-5-9/h2-5,7H,6H2,1H3. The van der Waals surface area contributed by atoms with E-state index < -0.39 is 0 Å². The summed E-state index contributed by atoms with van der Waals surface area (Å²) < 4.78 is 12.4. The third kappa shape index (κ3) is 2.05. The van der Waals surface area contributed by atoms with Crippen LogP contribution in [0.2, 0.25) is 0 Å². The molecular formula is C9H10FNO. The minimum atomic E-state index is -0.266. The molecule has 0 saturated carbocycles. The number of carbonyl (C=O) groups is 1. The fourth-order valence-corrected chi connectivity index (χ4v) is 0.913. The third-order valence-corrected chi connectivity index (χ3v) is 1.62. The van der Waals surface area contributed by atoms with Crippen molar-refractivity contribution in [3.8, 4) is 0 Å². The molecule has 0 aliphatic heterocycles. The molecule has 2 nitrogen and oxygen atoms in total. The minimum Gasteiger partial charge on any atom is -0.368 e. The zero-order valence-corrected chi connectivity index (χ0v) is 6.83. The van der Waals surface area contributed by atoms with E-state index in [2.05, 4.69) is 0 Å². The Morgan fingerprint density at radius 1 is 1.42 bits per heavy atom. The number of hydrogen-bond donors (Lipinski definition) is 0. The molecule has 3 heteroatoms. The van der Waals surface area contributed by atoms with E-state index in [1.54, 1.807) is 24.1 Å². The van der Waals surface area contributed by atoms with Crippen molar-refractivity contribution in [1.29, 1.82) is 0 Å². The summed E-state index contributed by atoms with van der Waals surface area (Å²) in [6.07, 6.45) is 0.809. The van der Waals surface area contributed by atoms with Gasteiger partial charge < -0.3 is 9.69 Å². The third-order valence-electron chi connectivity index (χ3n) is 1.62. The highest BCUT2D eigenvalue weighted by Gasteiger charge is 1.98. The number of rotatable bonds is 3. The molecule has 1 aromatic rings. The summed E-state index contributed by atoms with van der Waals surface area (Å²) in [6, 6.07) is 6.02. The zero-order chi connectivity index (χ0) is 8.97. The molecular weight excluding hydrogens is 157 g/mol. The van der Waals surface area contributed by atoms with Crippen molar-refractivity contribution >= 4 is 12.0 Å². The Labute approximate surface area is 70.6 Å². The Kier molecular flexibility index (Phi) is 2.80. The van der Waals surface area contributed by atoms with Gasteiger partial charge >= 0.3 is 0 Å². The van der Waals surface area contributed by atoms with Crippen LogP contribution in [0.5, 0.6) is 0 Å². The average molecular weight is 167 g/mol. The van der Waals surface area contributed by atoms with E-state index in [4.69, 9.17) is 0 Å². The molecule has 1 aromatic carbocycles. The number of aldehydes is 1. The fourth-order valence-electron chi connectivity index (χ4n) is 0.913. The predicted octanol–water partition coefficient (Wildman–Crippen LogP) is 1.46. The fraction of sp³-hybridized carbons (Fsp3) is 0.222. The van der Waals surface area contributed by atoms with Gasteiger partial charge in [0.1, 0.15) is 12.1 Å². The van der Waals surface area contributed by atoms with Crippen LogP contribution < -0.4 is 4.90 Å². The Bertz CT molecular complexity index is 258. The van der Waals surface area contributed by atoms with Crippen LogP contribution in [-0.4, -0.2) is 19.9 Å². The number of anilines is 1. The zero-order valence-electron chi connectivity index (χ0n) is 6.83. The van der Waals surface area contributed by atoms with E-state index in [9.17, 15) is 9.18 Å². The molecule has 0 radical (unpaired) electrons. The van der Waals surface area contributed by atoms with Gasteiger partial charge in [-0.15, -0.1) is 0 Å². The maximum absolute atomic E-state index is 12.4. The second kappa shape index (κ2) is 3.85. The van der Waals surface area contributed by atoms with Crippen molar-refractivity contribution in [1.82, 2.24) is 0 Å². The van der Waals surface area contributed by atoms with Crippen LogP contribution in [0.4, 0.5) is 10.1 Å². The Hall–Kier alpha value is -1.38. The molecule has 12 heavy (non-hydrogen) atoms. The highest BCUT2D eigenvalue weighted by Crippen LogP contribution is 2.11. The van der Waals surface area contributed by atoms with Crippen molar-refractivity contribution in [2.24, 2.45) is 0 Å². The number of nitrogens with zero attached hydrogens (tertiary/aromatic N) is 1. The van der Waals surface area contributed by atoms with E-state index in [0.717, 1.165) is 12.0 Å². The number of benzene rings is 1. The summed E-state index contributed by atoms with van der Waals surface area (Å²) in [6.45, 7) is 0.325. The number of likely N-dealkylation sites (N-methyl/N-ethyl adjacent to an activating group) is 1. The van der Waals surface area contributed by atoms with Crippen LogP contribution in [0.25, 0.3) is 0 Å². The van der Waals surface area contributed by atoms with E-state index >= 15 is 0 Å². The molecule has 0 bridgehead atoms. The van der Waals surface area contributed by atoms with Gasteiger partial charge in [0.25, 0.3) is 0 Å². The summed E-state index contributed by atoms with van der Waals surface area (Å²) in [4.78, 5) is 11.9. The summed E-state index contributed by atoms with van der Waals surface area (Å²) in [7, 11) is 1.78. The van der Waals surface area contributed by atoms with Gasteiger partial charge in [-0.05, 0) is 24.3 Å². The molecule has 1 rings (SSSR count). The lowest BCUT2D eigenvalue weighted by atomic mass is 10.3. The number of carbonyl (C=O) groups excluding carboxylic acids is 1. The second-order valence-corrected chi connectivity index (χ2v) is 2.52. The average Bonchev–Trinajstić information content (AvgIpc) is 2.06. The highest BCUT2D eigenvalue weighted by atomic mass is 19.1. The van der Waals surface area contributed by atoms with Crippen molar-refractivity contribution < 1.29 is 9.18 Å². The van der Waals surface area contributed by atoms with Gasteiger partial charge in [-0.1, -0.05) is 0 Å². The SMILES string of the molecule is CN(CC=O)c1ccc(F)cc1. The lowest BCUT2D eigenvalue weighted by Gasteiger charge is -2.15. The van der Waals surface area contributed by atoms with E-state index in [0.29, 0.717) is 6.54 Å². The maximum atomic E-state index is 12.4. The van der Waals surface area contributed by atoms with Gasteiger partial charge in [0.05, 0.1) is 6.54 Å². The Morgan fingerprint density at radius 2 is 2.00 bits per heavy atom. The normalized spacial score (nSPS) is 9.50. The molecule has 0 aromatic heterocycles. The molecule has 0 fully saturated rings. The molecule has 0 atom stereocenters. The first-order valence-corrected chi connectivity index (χ1v) is 3.64. The Morgan fingerprint density at radius 3 is 2.50 bits per heavy atom. The number of halogens is 1. The quantitative estimate of drug-likeness (QED) is 0.635. The molecule has 64 valence electrons. The predicted molar refractivity (Wildman–Crippen MR) is 45.7 cm³/mol. The van der Waals surface area contributed by atoms with Gasteiger partial charge in [0.15, 0.2) is 0 Å². The molecule has 0 saturated heterocycles. The van der Waals surface area contributed by atoms with Crippen LogP contribution in [0.15, 0.2) is 24.3 Å². The molecule has 0 aliphatic carbocycles. The lowest BCUT2D eigenvalue weighted by Crippen LogP contribution is -2.18. The van der Waals surface area contributed by atoms with Crippen LogP contribution >= 0.6 is 0 Å². The monoisotopic (exact) mass is 167 g/mol. The molecule has 0 aliphatic rings. The summed E-state index contributed by atoms with van der Waals surface area (Å²) in [5, 5.41) is 0.